The summed E-state index contributed by atoms with van der Waals surface area (Å²) in [5.41, 5.74) is -0.886. The Labute approximate surface area is 139 Å². The Morgan fingerprint density at radius 3 is 2.35 bits per heavy atom. The number of hydrogen-bond donors (Lipinski definition) is 2. The summed E-state index contributed by atoms with van der Waals surface area (Å²) in [5.74, 6) is -1.49. The Morgan fingerprint density at radius 1 is 1.30 bits per heavy atom. The van der Waals surface area contributed by atoms with Crippen molar-refractivity contribution in [1.82, 2.24) is 9.62 Å². The molecule has 0 atom stereocenters. The van der Waals surface area contributed by atoms with Gasteiger partial charge in [-0.2, -0.15) is 4.31 Å². The molecule has 1 fully saturated rings. The number of carbonyl (C=O) groups is 2. The number of nitrogens with zero attached hydrogens (tertiary/aromatic N) is 1. The van der Waals surface area contributed by atoms with Crippen LogP contribution in [0.2, 0.25) is 5.02 Å². The molecule has 126 valence electrons. The van der Waals surface area contributed by atoms with E-state index >= 15 is 0 Å². The molecule has 23 heavy (non-hydrogen) atoms. The van der Waals surface area contributed by atoms with E-state index < -0.39 is 27.3 Å². The Bertz CT molecular complexity index is 713. The summed E-state index contributed by atoms with van der Waals surface area (Å²) in [6.07, 6.45) is 1.03. The molecule has 9 heteroatoms. The van der Waals surface area contributed by atoms with Crippen molar-refractivity contribution in [3.05, 3.63) is 29.3 Å². The van der Waals surface area contributed by atoms with E-state index in [2.05, 4.69) is 5.32 Å². The Kier molecular flexibility index (Phi) is 4.98. The molecule has 1 amide bonds. The van der Waals surface area contributed by atoms with Crippen LogP contribution >= 0.6 is 11.6 Å². The van der Waals surface area contributed by atoms with Gasteiger partial charge in [-0.05, 0) is 37.1 Å². The molecule has 1 aliphatic carbocycles. The zero-order valence-electron chi connectivity index (χ0n) is 12.5. The van der Waals surface area contributed by atoms with Crippen LogP contribution in [0.5, 0.6) is 0 Å². The standard InChI is InChI=1S/C14H17ClN2O5S/c1-17(23(21,22)11-4-2-10(15)3-5-11)8-12(18)16-9-14(6-7-14)13(19)20/h2-5H,6-9H2,1H3,(H,16,18)(H,19,20). The number of nitrogens with one attached hydrogen (secondary N) is 1. The molecule has 0 heterocycles. The average molecular weight is 361 g/mol. The molecule has 0 spiro atoms. The molecule has 0 unspecified atom stereocenters. The highest BCUT2D eigenvalue weighted by atomic mass is 35.5. The maximum Gasteiger partial charge on any atom is 0.311 e. The van der Waals surface area contributed by atoms with Gasteiger partial charge in [0.25, 0.3) is 0 Å². The lowest BCUT2D eigenvalue weighted by Gasteiger charge is -2.18. The van der Waals surface area contributed by atoms with Crippen molar-refractivity contribution in [3.8, 4) is 0 Å². The second-order valence-corrected chi connectivity index (χ2v) is 8.06. The number of carboxylic acid groups (broad SMARTS) is 1. The minimum Gasteiger partial charge on any atom is -0.481 e. The van der Waals surface area contributed by atoms with Crippen molar-refractivity contribution in [2.45, 2.75) is 17.7 Å². The number of sulfonamides is 1. The third-order valence-electron chi connectivity index (χ3n) is 3.82. The summed E-state index contributed by atoms with van der Waals surface area (Å²) in [6.45, 7) is -0.378. The van der Waals surface area contributed by atoms with Crippen molar-refractivity contribution >= 4 is 33.5 Å². The molecule has 0 aromatic heterocycles. The van der Waals surface area contributed by atoms with Gasteiger partial charge in [0.1, 0.15) is 0 Å². The van der Waals surface area contributed by atoms with Crippen LogP contribution in [0.25, 0.3) is 0 Å². The quantitative estimate of drug-likeness (QED) is 0.753. The van der Waals surface area contributed by atoms with Gasteiger partial charge in [0.2, 0.25) is 15.9 Å². The molecule has 1 saturated carbocycles. The zero-order chi connectivity index (χ0) is 17.3. The first-order valence-electron chi connectivity index (χ1n) is 6.89. The van der Waals surface area contributed by atoms with Gasteiger partial charge in [-0.15, -0.1) is 0 Å². The molecule has 0 aliphatic heterocycles. The van der Waals surface area contributed by atoms with E-state index in [1.807, 2.05) is 0 Å². The number of benzene rings is 1. The fraction of sp³-hybridized carbons (Fsp3) is 0.429. The van der Waals surface area contributed by atoms with Crippen molar-refractivity contribution in [3.63, 3.8) is 0 Å². The molecule has 0 radical (unpaired) electrons. The number of carboxylic acids is 1. The van der Waals surface area contributed by atoms with Crippen molar-refractivity contribution in [2.75, 3.05) is 20.1 Å². The first-order chi connectivity index (χ1) is 10.7. The lowest BCUT2D eigenvalue weighted by Crippen LogP contribution is -2.41. The molecule has 7 nitrogen and oxygen atoms in total. The number of rotatable bonds is 7. The van der Waals surface area contributed by atoms with E-state index in [4.69, 9.17) is 16.7 Å². The minimum atomic E-state index is -3.81. The monoisotopic (exact) mass is 360 g/mol. The van der Waals surface area contributed by atoms with Gasteiger partial charge in [0.05, 0.1) is 16.9 Å². The average Bonchev–Trinajstić information content (AvgIpc) is 3.27. The number of halogens is 1. The lowest BCUT2D eigenvalue weighted by atomic mass is 10.1. The van der Waals surface area contributed by atoms with Gasteiger partial charge in [0, 0.05) is 18.6 Å². The highest BCUT2D eigenvalue weighted by molar-refractivity contribution is 7.89. The summed E-state index contributed by atoms with van der Waals surface area (Å²) in [7, 11) is -2.52. The van der Waals surface area contributed by atoms with Gasteiger partial charge < -0.3 is 10.4 Å². The first kappa shape index (κ1) is 17.7. The molecule has 2 rings (SSSR count). The Balaban J connectivity index is 1.95. The van der Waals surface area contributed by atoms with Gasteiger partial charge >= 0.3 is 5.97 Å². The minimum absolute atomic E-state index is 0.00992. The molecule has 1 aromatic carbocycles. The smallest absolute Gasteiger partial charge is 0.311 e. The van der Waals surface area contributed by atoms with Crippen LogP contribution in [0, 0.1) is 5.41 Å². The number of hydrogen-bond acceptors (Lipinski definition) is 4. The van der Waals surface area contributed by atoms with Crippen LogP contribution in [0.1, 0.15) is 12.8 Å². The molecular formula is C14H17ClN2O5S. The van der Waals surface area contributed by atoms with E-state index in [1.54, 1.807) is 0 Å². The van der Waals surface area contributed by atoms with E-state index in [-0.39, 0.29) is 18.0 Å². The van der Waals surface area contributed by atoms with Crippen molar-refractivity contribution < 1.29 is 23.1 Å². The van der Waals surface area contributed by atoms with E-state index in [0.717, 1.165) is 4.31 Å². The van der Waals surface area contributed by atoms with E-state index in [1.165, 1.54) is 31.3 Å². The van der Waals surface area contributed by atoms with E-state index in [0.29, 0.717) is 17.9 Å². The van der Waals surface area contributed by atoms with E-state index in [9.17, 15) is 18.0 Å². The maximum absolute atomic E-state index is 12.3. The number of likely N-dealkylation sites (N-methyl/N-ethyl adjacent to an activating group) is 1. The highest BCUT2D eigenvalue weighted by Gasteiger charge is 2.50. The largest absolute Gasteiger partial charge is 0.481 e. The molecule has 1 aliphatic rings. The number of carbonyl (C=O) groups excluding carboxylic acids is 1. The summed E-state index contributed by atoms with van der Waals surface area (Å²) in [4.78, 5) is 22.9. The van der Waals surface area contributed by atoms with Crippen molar-refractivity contribution in [1.29, 1.82) is 0 Å². The summed E-state index contributed by atoms with van der Waals surface area (Å²) < 4.78 is 25.5. The second-order valence-electron chi connectivity index (χ2n) is 5.58. The predicted molar refractivity (Wildman–Crippen MR) is 83.6 cm³/mol. The topological polar surface area (TPSA) is 104 Å². The third-order valence-corrected chi connectivity index (χ3v) is 5.89. The van der Waals surface area contributed by atoms with Gasteiger partial charge in [0.15, 0.2) is 0 Å². The van der Waals surface area contributed by atoms with Crippen LogP contribution in [0.15, 0.2) is 29.2 Å². The van der Waals surface area contributed by atoms with Crippen LogP contribution < -0.4 is 5.32 Å². The fourth-order valence-electron chi connectivity index (χ4n) is 2.01. The van der Waals surface area contributed by atoms with Gasteiger partial charge in [-0.3, -0.25) is 9.59 Å². The molecule has 0 bridgehead atoms. The number of amides is 1. The molecule has 0 saturated heterocycles. The summed E-state index contributed by atoms with van der Waals surface area (Å²) in [6, 6.07) is 5.61. The summed E-state index contributed by atoms with van der Waals surface area (Å²) >= 11 is 5.72. The fourth-order valence-corrected chi connectivity index (χ4v) is 3.27. The molecule has 1 aromatic rings. The van der Waals surface area contributed by atoms with Gasteiger partial charge in [-0.1, -0.05) is 11.6 Å². The highest BCUT2D eigenvalue weighted by Crippen LogP contribution is 2.45. The Hall–Kier alpha value is -1.64. The predicted octanol–water partition coefficient (Wildman–Crippen LogP) is 0.942. The van der Waals surface area contributed by atoms with Crippen LogP contribution in [0.4, 0.5) is 0 Å². The SMILES string of the molecule is CN(CC(=O)NCC1(C(=O)O)CC1)S(=O)(=O)c1ccc(Cl)cc1. The lowest BCUT2D eigenvalue weighted by molar-refractivity contribution is -0.143. The van der Waals surface area contributed by atoms with Crippen LogP contribution in [0.3, 0.4) is 0 Å². The second kappa shape index (κ2) is 6.46. The maximum atomic E-state index is 12.3. The van der Waals surface area contributed by atoms with Gasteiger partial charge in [-0.25, -0.2) is 8.42 Å². The van der Waals surface area contributed by atoms with Crippen LogP contribution in [-0.2, 0) is 19.6 Å². The molecule has 2 N–H and O–H groups in total. The Morgan fingerprint density at radius 2 is 1.87 bits per heavy atom. The van der Waals surface area contributed by atoms with Crippen LogP contribution in [-0.4, -0.2) is 49.8 Å². The molecular weight excluding hydrogens is 344 g/mol. The summed E-state index contributed by atoms with van der Waals surface area (Å²) in [5, 5.41) is 11.9. The third kappa shape index (κ3) is 4.01. The first-order valence-corrected chi connectivity index (χ1v) is 8.71. The number of aliphatic carboxylic acids is 1. The normalized spacial score (nSPS) is 16.1. The zero-order valence-corrected chi connectivity index (χ0v) is 14.0. The van der Waals surface area contributed by atoms with Crippen molar-refractivity contribution in [2.24, 2.45) is 5.41 Å².